The number of aryl methyl sites for hydroxylation is 1. The predicted molar refractivity (Wildman–Crippen MR) is 127 cm³/mol. The van der Waals surface area contributed by atoms with Crippen molar-refractivity contribution in [2.75, 3.05) is 25.7 Å². The maximum Gasteiger partial charge on any atom is 0.260 e. The van der Waals surface area contributed by atoms with Gasteiger partial charge >= 0.3 is 0 Å². The summed E-state index contributed by atoms with van der Waals surface area (Å²) in [6, 6.07) is 3.88. The van der Waals surface area contributed by atoms with Crippen molar-refractivity contribution in [3.8, 4) is 16.9 Å². The van der Waals surface area contributed by atoms with Crippen molar-refractivity contribution >= 4 is 16.7 Å². The summed E-state index contributed by atoms with van der Waals surface area (Å²) in [5.41, 5.74) is 6.61. The molecule has 0 saturated heterocycles. The minimum absolute atomic E-state index is 0.100. The molecule has 4 heterocycles. The van der Waals surface area contributed by atoms with Crippen LogP contribution in [0, 0.1) is 5.82 Å². The topological polar surface area (TPSA) is 128 Å². The minimum Gasteiger partial charge on any atom is -0.490 e. The van der Waals surface area contributed by atoms with E-state index >= 15 is 0 Å². The number of hydrogen-bond acceptors (Lipinski definition) is 9. The number of pyridine rings is 3. The number of aliphatic hydroxyl groups is 1. The zero-order chi connectivity index (χ0) is 24.9. The molecular weight excluding hydrogens is 457 g/mol. The molecule has 0 aliphatic heterocycles. The molecule has 0 bridgehead atoms. The SMILES string of the molecule is COCCOc1cnc2ccn(C(C)C(O)NNc3ncc(-c4cnn(C)c4)cc3F)c(=O)c2c1. The molecule has 0 saturated carbocycles. The van der Waals surface area contributed by atoms with Crippen molar-refractivity contribution in [3.63, 3.8) is 0 Å². The smallest absolute Gasteiger partial charge is 0.260 e. The molecule has 4 rings (SSSR count). The Morgan fingerprint density at radius 1 is 1.17 bits per heavy atom. The van der Waals surface area contributed by atoms with E-state index in [9.17, 15) is 14.3 Å². The van der Waals surface area contributed by atoms with E-state index in [0.29, 0.717) is 35.4 Å². The van der Waals surface area contributed by atoms with E-state index in [0.717, 1.165) is 5.56 Å². The second-order valence-electron chi connectivity index (χ2n) is 7.89. The van der Waals surface area contributed by atoms with Crippen LogP contribution in [0.25, 0.3) is 22.0 Å². The van der Waals surface area contributed by atoms with Gasteiger partial charge in [-0.3, -0.25) is 14.5 Å². The summed E-state index contributed by atoms with van der Waals surface area (Å²) >= 11 is 0. The molecule has 2 atom stereocenters. The van der Waals surface area contributed by atoms with Gasteiger partial charge in [0.05, 0.1) is 35.9 Å². The van der Waals surface area contributed by atoms with Gasteiger partial charge in [-0.1, -0.05) is 0 Å². The Balaban J connectivity index is 1.46. The van der Waals surface area contributed by atoms with Gasteiger partial charge < -0.3 is 24.6 Å². The summed E-state index contributed by atoms with van der Waals surface area (Å²) in [6.07, 6.45) is 6.68. The largest absolute Gasteiger partial charge is 0.490 e. The van der Waals surface area contributed by atoms with E-state index in [1.165, 1.54) is 23.0 Å². The third kappa shape index (κ3) is 5.45. The average Bonchev–Trinajstić information content (AvgIpc) is 3.29. The monoisotopic (exact) mass is 483 g/mol. The number of halogens is 1. The zero-order valence-electron chi connectivity index (χ0n) is 19.5. The molecule has 184 valence electrons. The number of hydrogen-bond donors (Lipinski definition) is 3. The van der Waals surface area contributed by atoms with Crippen molar-refractivity contribution in [1.82, 2.24) is 29.7 Å². The fraction of sp³-hybridized carbons (Fsp3) is 0.304. The summed E-state index contributed by atoms with van der Waals surface area (Å²) < 4.78 is 28.0. The van der Waals surface area contributed by atoms with Gasteiger partial charge in [0.2, 0.25) is 0 Å². The normalized spacial score (nSPS) is 13.1. The van der Waals surface area contributed by atoms with Crippen molar-refractivity contribution < 1.29 is 19.0 Å². The summed E-state index contributed by atoms with van der Waals surface area (Å²) in [5, 5.41) is 15.0. The summed E-state index contributed by atoms with van der Waals surface area (Å²) in [4.78, 5) is 21.4. The lowest BCUT2D eigenvalue weighted by molar-refractivity contribution is 0.0932. The maximum absolute atomic E-state index is 14.5. The van der Waals surface area contributed by atoms with Crippen LogP contribution in [0.2, 0.25) is 0 Å². The number of fused-ring (bicyclic) bond motifs is 1. The lowest BCUT2D eigenvalue weighted by Gasteiger charge is -2.23. The van der Waals surface area contributed by atoms with Gasteiger partial charge in [0.25, 0.3) is 5.56 Å². The van der Waals surface area contributed by atoms with Crippen LogP contribution in [-0.4, -0.2) is 56.0 Å². The number of aromatic nitrogens is 5. The van der Waals surface area contributed by atoms with Gasteiger partial charge in [0, 0.05) is 43.9 Å². The maximum atomic E-state index is 14.5. The fourth-order valence-corrected chi connectivity index (χ4v) is 3.43. The van der Waals surface area contributed by atoms with Gasteiger partial charge in [-0.2, -0.15) is 5.10 Å². The zero-order valence-corrected chi connectivity index (χ0v) is 19.5. The molecule has 4 aromatic heterocycles. The van der Waals surface area contributed by atoms with E-state index < -0.39 is 18.1 Å². The van der Waals surface area contributed by atoms with Gasteiger partial charge in [-0.25, -0.2) is 14.8 Å². The molecule has 3 N–H and O–H groups in total. The van der Waals surface area contributed by atoms with E-state index in [-0.39, 0.29) is 11.4 Å². The average molecular weight is 484 g/mol. The number of ether oxygens (including phenoxy) is 2. The number of methoxy groups -OCH3 is 1. The van der Waals surface area contributed by atoms with Crippen LogP contribution in [-0.2, 0) is 11.8 Å². The van der Waals surface area contributed by atoms with Crippen LogP contribution in [0.4, 0.5) is 10.2 Å². The molecule has 0 aromatic carbocycles. The highest BCUT2D eigenvalue weighted by molar-refractivity contribution is 5.78. The van der Waals surface area contributed by atoms with Crippen LogP contribution in [0.1, 0.15) is 13.0 Å². The molecule has 4 aromatic rings. The van der Waals surface area contributed by atoms with Gasteiger partial charge in [-0.05, 0) is 25.1 Å². The summed E-state index contributed by atoms with van der Waals surface area (Å²) in [6.45, 7) is 2.37. The van der Waals surface area contributed by atoms with E-state index in [4.69, 9.17) is 9.47 Å². The lowest BCUT2D eigenvalue weighted by Crippen LogP contribution is -2.42. The molecule has 35 heavy (non-hydrogen) atoms. The van der Waals surface area contributed by atoms with Gasteiger partial charge in [0.15, 0.2) is 11.6 Å². The Bertz CT molecular complexity index is 1370. The first-order valence-corrected chi connectivity index (χ1v) is 10.8. The van der Waals surface area contributed by atoms with E-state index in [2.05, 4.69) is 25.9 Å². The number of aliphatic hydroxyl groups excluding tert-OH is 1. The van der Waals surface area contributed by atoms with Crippen LogP contribution in [0.3, 0.4) is 0 Å². The van der Waals surface area contributed by atoms with Crippen molar-refractivity contribution in [1.29, 1.82) is 0 Å². The Hall–Kier alpha value is -3.87. The van der Waals surface area contributed by atoms with Crippen LogP contribution < -0.4 is 21.1 Å². The van der Waals surface area contributed by atoms with Gasteiger partial charge in [0.1, 0.15) is 18.6 Å². The highest BCUT2D eigenvalue weighted by atomic mass is 19.1. The van der Waals surface area contributed by atoms with Gasteiger partial charge in [-0.15, -0.1) is 0 Å². The van der Waals surface area contributed by atoms with Crippen LogP contribution >= 0.6 is 0 Å². The molecule has 2 unspecified atom stereocenters. The van der Waals surface area contributed by atoms with Crippen LogP contribution in [0.15, 0.2) is 54.0 Å². The molecule has 0 amide bonds. The molecule has 11 nitrogen and oxygen atoms in total. The standard InChI is InChI=1S/C23H26FN7O4/c1-14(31-5-4-20-18(23(31)33)9-17(12-25-20)35-7-6-34-3)22(32)29-28-21-19(24)8-15(10-26-21)16-11-27-30(2)13-16/h4-5,8-14,22,29,32H,6-7H2,1-3H3,(H,26,28). The molecule has 0 aliphatic carbocycles. The number of hydrazine groups is 1. The van der Waals surface area contributed by atoms with Crippen molar-refractivity contribution in [2.45, 2.75) is 19.2 Å². The number of nitrogens with one attached hydrogen (secondary N) is 2. The van der Waals surface area contributed by atoms with E-state index in [1.54, 1.807) is 56.5 Å². The second-order valence-corrected chi connectivity index (χ2v) is 7.89. The highest BCUT2D eigenvalue weighted by Gasteiger charge is 2.19. The third-order valence-electron chi connectivity index (χ3n) is 5.42. The first-order valence-electron chi connectivity index (χ1n) is 10.8. The lowest BCUT2D eigenvalue weighted by atomic mass is 10.1. The molecule has 0 radical (unpaired) electrons. The first-order chi connectivity index (χ1) is 16.9. The number of anilines is 1. The van der Waals surface area contributed by atoms with Crippen molar-refractivity contribution in [2.24, 2.45) is 7.05 Å². The summed E-state index contributed by atoms with van der Waals surface area (Å²) in [7, 11) is 3.33. The molecule has 12 heteroatoms. The Morgan fingerprint density at radius 2 is 2.00 bits per heavy atom. The summed E-state index contributed by atoms with van der Waals surface area (Å²) in [5.74, 6) is -0.279. The molecule has 0 aliphatic rings. The Morgan fingerprint density at radius 3 is 2.71 bits per heavy atom. The van der Waals surface area contributed by atoms with E-state index in [1.807, 2.05) is 0 Å². The highest BCUT2D eigenvalue weighted by Crippen LogP contribution is 2.22. The molecule has 0 fully saturated rings. The number of nitrogens with zero attached hydrogens (tertiary/aromatic N) is 5. The number of rotatable bonds is 10. The first kappa shape index (κ1) is 24.3. The molecular formula is C23H26FN7O4. The predicted octanol–water partition coefficient (Wildman–Crippen LogP) is 1.85. The van der Waals surface area contributed by atoms with Crippen molar-refractivity contribution in [3.05, 3.63) is 65.4 Å². The fourth-order valence-electron chi connectivity index (χ4n) is 3.43. The Labute approximate surface area is 200 Å². The quantitative estimate of drug-likeness (QED) is 0.176. The molecule has 0 spiro atoms. The minimum atomic E-state index is -1.25. The third-order valence-corrected chi connectivity index (χ3v) is 5.42. The van der Waals surface area contributed by atoms with Crippen LogP contribution in [0.5, 0.6) is 5.75 Å². The Kier molecular flexibility index (Phi) is 7.34. The second kappa shape index (κ2) is 10.6.